The predicted octanol–water partition coefficient (Wildman–Crippen LogP) is 3.71. The Hall–Kier alpha value is -3.59. The molecule has 2 aromatic carbocycles. The van der Waals surface area contributed by atoms with Gasteiger partial charge in [0.1, 0.15) is 5.82 Å². The van der Waals surface area contributed by atoms with Crippen LogP contribution in [0.4, 0.5) is 5.82 Å². The summed E-state index contributed by atoms with van der Waals surface area (Å²) in [6.45, 7) is 6.17. The van der Waals surface area contributed by atoms with Crippen molar-refractivity contribution in [2.45, 2.75) is 19.5 Å². The number of nitrogens with zero attached hydrogens (tertiary/aromatic N) is 5. The Morgan fingerprint density at radius 2 is 1.84 bits per heavy atom. The molecule has 1 amide bonds. The first-order valence-electron chi connectivity index (χ1n) is 12.9. The van der Waals surface area contributed by atoms with Crippen LogP contribution in [0.25, 0.3) is 21.9 Å². The van der Waals surface area contributed by atoms with Crippen LogP contribution in [0.2, 0.25) is 0 Å². The third kappa shape index (κ3) is 5.00. The molecule has 1 N–H and O–H groups in total. The van der Waals surface area contributed by atoms with Crippen molar-refractivity contribution >= 4 is 22.5 Å². The van der Waals surface area contributed by atoms with Crippen molar-refractivity contribution in [3.05, 3.63) is 77.2 Å². The van der Waals surface area contributed by atoms with Crippen molar-refractivity contribution in [1.82, 2.24) is 24.6 Å². The highest BCUT2D eigenvalue weighted by atomic mass is 16.5. The van der Waals surface area contributed by atoms with Gasteiger partial charge in [-0.15, -0.1) is 0 Å². The summed E-state index contributed by atoms with van der Waals surface area (Å²) in [7, 11) is 4.12. The van der Waals surface area contributed by atoms with Crippen LogP contribution in [0.5, 0.6) is 0 Å². The monoisotopic (exact) mass is 496 g/mol. The maximum atomic E-state index is 13.0. The lowest BCUT2D eigenvalue weighted by Gasteiger charge is -2.27. The first kappa shape index (κ1) is 23.8. The second-order valence-electron chi connectivity index (χ2n) is 10.1. The van der Waals surface area contributed by atoms with E-state index < -0.39 is 0 Å². The Balaban J connectivity index is 1.24. The molecule has 1 saturated heterocycles. The number of pyridine rings is 1. The van der Waals surface area contributed by atoms with Crippen LogP contribution in [0.1, 0.15) is 27.2 Å². The van der Waals surface area contributed by atoms with Crippen LogP contribution in [0.3, 0.4) is 0 Å². The molecule has 0 atom stereocenters. The molecule has 4 aromatic rings. The quantitative estimate of drug-likeness (QED) is 0.454. The van der Waals surface area contributed by atoms with Gasteiger partial charge in [0.25, 0.3) is 5.91 Å². The molecule has 8 heteroatoms. The van der Waals surface area contributed by atoms with E-state index in [0.717, 1.165) is 74.3 Å². The number of ether oxygens (including phenoxy) is 1. The number of fused-ring (bicyclic) bond motifs is 2. The Labute approximate surface area is 216 Å². The van der Waals surface area contributed by atoms with E-state index in [9.17, 15) is 4.79 Å². The topological polar surface area (TPSA) is 75.5 Å². The molecule has 0 saturated carbocycles. The molecule has 4 heterocycles. The summed E-state index contributed by atoms with van der Waals surface area (Å²) in [6.07, 6.45) is 4.72. The fourth-order valence-electron chi connectivity index (χ4n) is 5.26. The minimum atomic E-state index is -0.134. The third-order valence-corrected chi connectivity index (χ3v) is 7.48. The van der Waals surface area contributed by atoms with Crippen molar-refractivity contribution in [1.29, 1.82) is 0 Å². The zero-order chi connectivity index (χ0) is 25.4. The van der Waals surface area contributed by atoms with E-state index in [1.54, 1.807) is 0 Å². The lowest BCUT2D eigenvalue weighted by molar-refractivity contribution is 0.0332. The fraction of sp³-hybridized carbons (Fsp3) is 0.345. The molecule has 0 aliphatic carbocycles. The van der Waals surface area contributed by atoms with Crippen LogP contribution in [-0.4, -0.2) is 70.4 Å². The zero-order valence-corrected chi connectivity index (χ0v) is 21.4. The maximum absolute atomic E-state index is 13.0. The molecule has 190 valence electrons. The molecule has 2 aliphatic heterocycles. The number of aromatic nitrogens is 3. The standard InChI is InChI=1S/C29H32N6O2/c1-33-8-7-20-13-22(4-6-24(20)18-33)29(36)32-28-15-25-14-21(3-5-23(25)16-30-28)26-17-31-34(2)27(26)19-35-9-11-37-12-10-35/h3-6,13-17H,7-12,18-19H2,1-2H3,(H,30,32,36). The number of morpholine rings is 1. The van der Waals surface area contributed by atoms with Crippen molar-refractivity contribution < 1.29 is 9.53 Å². The highest BCUT2D eigenvalue weighted by molar-refractivity contribution is 6.04. The Kier molecular flexibility index (Phi) is 6.46. The molecule has 2 aromatic heterocycles. The number of carbonyl (C=O) groups excluding carboxylic acids is 1. The van der Waals surface area contributed by atoms with Gasteiger partial charge in [-0.1, -0.05) is 18.2 Å². The van der Waals surface area contributed by atoms with E-state index >= 15 is 0 Å². The molecule has 0 radical (unpaired) electrons. The number of anilines is 1. The second-order valence-corrected chi connectivity index (χ2v) is 10.1. The minimum absolute atomic E-state index is 0.134. The average Bonchev–Trinajstić information content (AvgIpc) is 3.28. The number of rotatable bonds is 5. The van der Waals surface area contributed by atoms with Gasteiger partial charge in [0.15, 0.2) is 0 Å². The van der Waals surface area contributed by atoms with Crippen molar-refractivity contribution in [2.75, 3.05) is 45.2 Å². The summed E-state index contributed by atoms with van der Waals surface area (Å²) < 4.78 is 7.47. The molecule has 0 bridgehead atoms. The fourth-order valence-corrected chi connectivity index (χ4v) is 5.26. The Morgan fingerprint density at radius 3 is 2.70 bits per heavy atom. The summed E-state index contributed by atoms with van der Waals surface area (Å²) in [4.78, 5) is 22.2. The van der Waals surface area contributed by atoms with E-state index in [-0.39, 0.29) is 5.91 Å². The highest BCUT2D eigenvalue weighted by Gasteiger charge is 2.18. The molecule has 37 heavy (non-hydrogen) atoms. The molecular formula is C29H32N6O2. The van der Waals surface area contributed by atoms with E-state index in [2.05, 4.69) is 56.5 Å². The number of hydrogen-bond donors (Lipinski definition) is 1. The molecular weight excluding hydrogens is 464 g/mol. The average molecular weight is 497 g/mol. The number of benzene rings is 2. The second kappa shape index (κ2) is 10.0. The predicted molar refractivity (Wildman–Crippen MR) is 144 cm³/mol. The molecule has 0 spiro atoms. The largest absolute Gasteiger partial charge is 0.379 e. The molecule has 6 rings (SSSR count). The number of likely N-dealkylation sites (N-methyl/N-ethyl adjacent to an activating group) is 1. The molecule has 1 fully saturated rings. The Morgan fingerprint density at radius 1 is 0.973 bits per heavy atom. The van der Waals surface area contributed by atoms with Crippen LogP contribution >= 0.6 is 0 Å². The van der Waals surface area contributed by atoms with Crippen LogP contribution in [0.15, 0.2) is 54.9 Å². The smallest absolute Gasteiger partial charge is 0.256 e. The number of nitrogens with one attached hydrogen (secondary N) is 1. The zero-order valence-electron chi connectivity index (χ0n) is 21.4. The van der Waals surface area contributed by atoms with Crippen LogP contribution in [0, 0.1) is 0 Å². The van der Waals surface area contributed by atoms with Gasteiger partial charge in [0.2, 0.25) is 0 Å². The van der Waals surface area contributed by atoms with Gasteiger partial charge in [0, 0.05) is 62.5 Å². The van der Waals surface area contributed by atoms with Gasteiger partial charge >= 0.3 is 0 Å². The SMILES string of the molecule is CN1CCc2cc(C(=O)Nc3cc4cc(-c5cnn(C)c5CN5CCOCC5)ccc4cn3)ccc2C1. The summed E-state index contributed by atoms with van der Waals surface area (Å²) in [5.41, 5.74) is 6.63. The first-order valence-corrected chi connectivity index (χ1v) is 12.9. The summed E-state index contributed by atoms with van der Waals surface area (Å²) in [5.74, 6) is 0.414. The molecule has 8 nitrogen and oxygen atoms in total. The van der Waals surface area contributed by atoms with Gasteiger partial charge < -0.3 is 15.0 Å². The summed E-state index contributed by atoms with van der Waals surface area (Å²) >= 11 is 0. The lowest BCUT2D eigenvalue weighted by atomic mass is 9.97. The molecule has 0 unspecified atom stereocenters. The number of hydrogen-bond acceptors (Lipinski definition) is 6. The van der Waals surface area contributed by atoms with E-state index in [1.807, 2.05) is 42.3 Å². The van der Waals surface area contributed by atoms with Crippen molar-refractivity contribution in [3.8, 4) is 11.1 Å². The van der Waals surface area contributed by atoms with Gasteiger partial charge in [-0.2, -0.15) is 5.10 Å². The summed E-state index contributed by atoms with van der Waals surface area (Å²) in [6, 6.07) is 14.3. The minimum Gasteiger partial charge on any atom is -0.379 e. The first-order chi connectivity index (χ1) is 18.0. The van der Waals surface area contributed by atoms with E-state index in [4.69, 9.17) is 4.74 Å². The highest BCUT2D eigenvalue weighted by Crippen LogP contribution is 2.29. The number of aryl methyl sites for hydroxylation is 1. The van der Waals surface area contributed by atoms with Crippen molar-refractivity contribution in [2.24, 2.45) is 7.05 Å². The Bertz CT molecular complexity index is 1460. The van der Waals surface area contributed by atoms with Crippen LogP contribution in [-0.2, 0) is 31.3 Å². The van der Waals surface area contributed by atoms with E-state index in [0.29, 0.717) is 11.4 Å². The number of carbonyl (C=O) groups is 1. The van der Waals surface area contributed by atoms with Crippen molar-refractivity contribution in [3.63, 3.8) is 0 Å². The summed E-state index contributed by atoms with van der Waals surface area (Å²) in [5, 5.41) is 9.60. The van der Waals surface area contributed by atoms with Gasteiger partial charge in [-0.25, -0.2) is 4.98 Å². The molecule has 2 aliphatic rings. The van der Waals surface area contributed by atoms with E-state index in [1.165, 1.54) is 16.8 Å². The third-order valence-electron chi connectivity index (χ3n) is 7.48. The maximum Gasteiger partial charge on any atom is 0.256 e. The number of amides is 1. The van der Waals surface area contributed by atoms with Gasteiger partial charge in [-0.05, 0) is 59.8 Å². The normalized spacial score (nSPS) is 16.6. The van der Waals surface area contributed by atoms with Gasteiger partial charge in [0.05, 0.1) is 25.1 Å². The van der Waals surface area contributed by atoms with Gasteiger partial charge in [-0.3, -0.25) is 14.4 Å². The lowest BCUT2D eigenvalue weighted by Crippen LogP contribution is -2.36. The van der Waals surface area contributed by atoms with Crippen LogP contribution < -0.4 is 5.32 Å².